The van der Waals surface area contributed by atoms with E-state index in [1.807, 2.05) is 12.3 Å². The smallest absolute Gasteiger partial charge is 0.132 e. The van der Waals surface area contributed by atoms with Gasteiger partial charge in [-0.15, -0.1) is 0 Å². The number of rotatable bonds is 4. The Kier molecular flexibility index (Phi) is 4.12. The average molecular weight is 308 g/mol. The molecule has 0 N–H and O–H groups in total. The van der Waals surface area contributed by atoms with Crippen molar-refractivity contribution in [3.05, 3.63) is 58.5 Å². The Labute approximate surface area is 137 Å². The van der Waals surface area contributed by atoms with Crippen LogP contribution in [0, 0.1) is 27.7 Å². The third kappa shape index (κ3) is 2.72. The average Bonchev–Trinajstić information content (AvgIpc) is 2.78. The first-order chi connectivity index (χ1) is 11.0. The molecule has 2 heterocycles. The summed E-state index contributed by atoms with van der Waals surface area (Å²) in [4.78, 5) is 4.59. The number of hydrogen-bond donors (Lipinski definition) is 0. The van der Waals surface area contributed by atoms with Gasteiger partial charge in [0.15, 0.2) is 0 Å². The van der Waals surface area contributed by atoms with Gasteiger partial charge < -0.3 is 9.30 Å². The molecule has 0 fully saturated rings. The van der Waals surface area contributed by atoms with Crippen molar-refractivity contribution in [3.63, 3.8) is 0 Å². The minimum absolute atomic E-state index is 0.490. The van der Waals surface area contributed by atoms with E-state index in [1.54, 1.807) is 0 Å². The van der Waals surface area contributed by atoms with Crippen LogP contribution in [0.15, 0.2) is 30.5 Å². The predicted octanol–water partition coefficient (Wildman–Crippen LogP) is 4.87. The van der Waals surface area contributed by atoms with Gasteiger partial charge in [-0.1, -0.05) is 17.7 Å². The Morgan fingerprint density at radius 2 is 1.87 bits per heavy atom. The van der Waals surface area contributed by atoms with Crippen LogP contribution in [0.1, 0.15) is 35.0 Å². The Balaban J connectivity index is 1.99. The van der Waals surface area contributed by atoms with E-state index < -0.39 is 0 Å². The van der Waals surface area contributed by atoms with Gasteiger partial charge in [0, 0.05) is 23.8 Å². The highest BCUT2D eigenvalue weighted by Crippen LogP contribution is 2.28. The number of pyridine rings is 1. The maximum absolute atomic E-state index is 6.06. The predicted molar refractivity (Wildman–Crippen MR) is 95.1 cm³/mol. The number of aromatic nitrogens is 2. The second kappa shape index (κ2) is 6.07. The molecular formula is C20H24N2O. The van der Waals surface area contributed by atoms with Gasteiger partial charge in [-0.2, -0.15) is 0 Å². The zero-order valence-corrected chi connectivity index (χ0v) is 14.6. The van der Waals surface area contributed by atoms with Crippen LogP contribution in [0.2, 0.25) is 0 Å². The van der Waals surface area contributed by atoms with E-state index in [2.05, 4.69) is 62.4 Å². The van der Waals surface area contributed by atoms with E-state index in [-0.39, 0.29) is 0 Å². The van der Waals surface area contributed by atoms with E-state index >= 15 is 0 Å². The largest absolute Gasteiger partial charge is 0.487 e. The fourth-order valence-electron chi connectivity index (χ4n) is 3.27. The molecule has 0 saturated carbocycles. The first kappa shape index (κ1) is 15.6. The van der Waals surface area contributed by atoms with Crippen LogP contribution < -0.4 is 4.74 Å². The third-order valence-electron chi connectivity index (χ3n) is 4.63. The lowest BCUT2D eigenvalue weighted by Gasteiger charge is -2.12. The third-order valence-corrected chi connectivity index (χ3v) is 4.63. The lowest BCUT2D eigenvalue weighted by molar-refractivity contribution is 0.300. The molecule has 120 valence electrons. The van der Waals surface area contributed by atoms with Gasteiger partial charge in [-0.3, -0.25) is 4.98 Å². The number of benzene rings is 1. The highest BCUT2D eigenvalue weighted by molar-refractivity contribution is 5.86. The summed E-state index contributed by atoms with van der Waals surface area (Å²) in [6, 6.07) is 8.37. The van der Waals surface area contributed by atoms with Crippen LogP contribution in [0.3, 0.4) is 0 Å². The summed E-state index contributed by atoms with van der Waals surface area (Å²) in [5.74, 6) is 0.928. The fraction of sp³-hybridized carbons (Fsp3) is 0.350. The molecule has 3 nitrogen and oxygen atoms in total. The van der Waals surface area contributed by atoms with Crippen molar-refractivity contribution in [2.24, 2.45) is 0 Å². The van der Waals surface area contributed by atoms with Gasteiger partial charge in [0.2, 0.25) is 0 Å². The molecule has 0 radical (unpaired) electrons. The van der Waals surface area contributed by atoms with Crippen molar-refractivity contribution in [2.45, 2.75) is 47.8 Å². The highest BCUT2D eigenvalue weighted by Gasteiger charge is 2.14. The molecule has 0 unspecified atom stereocenters. The maximum Gasteiger partial charge on any atom is 0.132 e. The molecule has 0 spiro atoms. The van der Waals surface area contributed by atoms with Crippen molar-refractivity contribution < 1.29 is 4.74 Å². The van der Waals surface area contributed by atoms with E-state index in [1.165, 1.54) is 27.7 Å². The molecule has 0 saturated heterocycles. The maximum atomic E-state index is 6.06. The number of nitrogens with zero attached hydrogens (tertiary/aromatic N) is 2. The molecule has 3 rings (SSSR count). The Morgan fingerprint density at radius 1 is 1.09 bits per heavy atom. The monoisotopic (exact) mass is 308 g/mol. The van der Waals surface area contributed by atoms with E-state index in [4.69, 9.17) is 4.74 Å². The molecule has 0 aliphatic rings. The van der Waals surface area contributed by atoms with Crippen LogP contribution in [0.4, 0.5) is 0 Å². The second-order valence-electron chi connectivity index (χ2n) is 6.17. The summed E-state index contributed by atoms with van der Waals surface area (Å²) in [6.45, 7) is 12.1. The summed E-state index contributed by atoms with van der Waals surface area (Å²) in [6.07, 6.45) is 1.88. The highest BCUT2D eigenvalue weighted by atomic mass is 16.5. The van der Waals surface area contributed by atoms with E-state index in [0.29, 0.717) is 6.61 Å². The molecule has 0 bridgehead atoms. The zero-order chi connectivity index (χ0) is 16.6. The van der Waals surface area contributed by atoms with Crippen molar-refractivity contribution in [2.75, 3.05) is 0 Å². The molecule has 0 aliphatic heterocycles. The first-order valence-electron chi connectivity index (χ1n) is 8.16. The molecule has 23 heavy (non-hydrogen) atoms. The van der Waals surface area contributed by atoms with Crippen LogP contribution in [-0.2, 0) is 13.2 Å². The Hall–Kier alpha value is -2.29. The molecule has 0 atom stereocenters. The quantitative estimate of drug-likeness (QED) is 0.687. The fourth-order valence-corrected chi connectivity index (χ4v) is 3.27. The molecule has 2 aromatic heterocycles. The van der Waals surface area contributed by atoms with Gasteiger partial charge in [0.05, 0.1) is 5.52 Å². The van der Waals surface area contributed by atoms with Crippen LogP contribution in [0.5, 0.6) is 5.75 Å². The molecule has 0 amide bonds. The zero-order valence-electron chi connectivity index (χ0n) is 14.6. The van der Waals surface area contributed by atoms with Gasteiger partial charge in [-0.05, 0) is 57.9 Å². The Morgan fingerprint density at radius 3 is 2.57 bits per heavy atom. The van der Waals surface area contributed by atoms with Gasteiger partial charge in [0.25, 0.3) is 0 Å². The van der Waals surface area contributed by atoms with Crippen molar-refractivity contribution >= 4 is 10.9 Å². The molecule has 3 aromatic rings. The van der Waals surface area contributed by atoms with Crippen molar-refractivity contribution in [1.82, 2.24) is 9.55 Å². The van der Waals surface area contributed by atoms with Gasteiger partial charge in [0.1, 0.15) is 18.1 Å². The van der Waals surface area contributed by atoms with Crippen molar-refractivity contribution in [1.29, 1.82) is 0 Å². The van der Waals surface area contributed by atoms with E-state index in [9.17, 15) is 0 Å². The van der Waals surface area contributed by atoms with Crippen molar-refractivity contribution in [3.8, 4) is 5.75 Å². The Bertz CT molecular complexity index is 862. The SMILES string of the molecule is CCn1c(C)c(C)c2ccnc(COc3ccc(C)cc3C)c21. The van der Waals surface area contributed by atoms with Crippen LogP contribution in [-0.4, -0.2) is 9.55 Å². The summed E-state index contributed by atoms with van der Waals surface area (Å²) >= 11 is 0. The topological polar surface area (TPSA) is 27.1 Å². The number of aryl methyl sites for hydroxylation is 4. The lowest BCUT2D eigenvalue weighted by atomic mass is 10.1. The summed E-state index contributed by atoms with van der Waals surface area (Å²) < 4.78 is 8.39. The van der Waals surface area contributed by atoms with Crippen LogP contribution in [0.25, 0.3) is 10.9 Å². The van der Waals surface area contributed by atoms with Gasteiger partial charge in [-0.25, -0.2) is 0 Å². The first-order valence-corrected chi connectivity index (χ1v) is 8.16. The standard InChI is InChI=1S/C20H24N2O/c1-6-22-16(5)15(4)17-9-10-21-18(20(17)22)12-23-19-8-7-13(2)11-14(19)3/h7-11H,6,12H2,1-5H3. The molecule has 3 heteroatoms. The van der Waals surface area contributed by atoms with Crippen LogP contribution >= 0.6 is 0 Å². The lowest BCUT2D eigenvalue weighted by Crippen LogP contribution is -2.04. The summed E-state index contributed by atoms with van der Waals surface area (Å²) in [5, 5.41) is 1.28. The summed E-state index contributed by atoms with van der Waals surface area (Å²) in [7, 11) is 0. The van der Waals surface area contributed by atoms with Gasteiger partial charge >= 0.3 is 0 Å². The molecular weight excluding hydrogens is 284 g/mol. The summed E-state index contributed by atoms with van der Waals surface area (Å²) in [5.41, 5.74) is 7.26. The minimum Gasteiger partial charge on any atom is -0.487 e. The number of ether oxygens (including phenoxy) is 1. The van der Waals surface area contributed by atoms with E-state index in [0.717, 1.165) is 23.6 Å². The number of fused-ring (bicyclic) bond motifs is 1. The normalized spacial score (nSPS) is 11.2. The molecule has 1 aromatic carbocycles. The molecule has 0 aliphatic carbocycles. The number of hydrogen-bond acceptors (Lipinski definition) is 2. The minimum atomic E-state index is 0.490. The second-order valence-corrected chi connectivity index (χ2v) is 6.17.